The first-order valence-corrected chi connectivity index (χ1v) is 6.21. The van der Waals surface area contributed by atoms with E-state index in [2.05, 4.69) is 13.8 Å². The lowest BCUT2D eigenvalue weighted by Crippen LogP contribution is -2.46. The fourth-order valence-electron chi connectivity index (χ4n) is 2.28. The van der Waals surface area contributed by atoms with E-state index in [4.69, 9.17) is 5.73 Å². The Morgan fingerprint density at radius 2 is 2.25 bits per heavy atom. The van der Waals surface area contributed by atoms with Gasteiger partial charge in [-0.1, -0.05) is 13.8 Å². The van der Waals surface area contributed by atoms with Gasteiger partial charge >= 0.3 is 0 Å². The number of amides is 1. The first kappa shape index (κ1) is 13.5. The minimum atomic E-state index is -0.352. The third-order valence-electron chi connectivity index (χ3n) is 3.10. The Bertz CT molecular complexity index is 225. The first-order valence-electron chi connectivity index (χ1n) is 6.21. The van der Waals surface area contributed by atoms with Crippen LogP contribution in [0, 0.1) is 11.8 Å². The summed E-state index contributed by atoms with van der Waals surface area (Å²) in [6, 6.07) is 0. The van der Waals surface area contributed by atoms with Gasteiger partial charge in [-0.3, -0.25) is 4.79 Å². The van der Waals surface area contributed by atoms with E-state index < -0.39 is 0 Å². The average molecular weight is 228 g/mol. The van der Waals surface area contributed by atoms with Crippen LogP contribution in [0.15, 0.2) is 0 Å². The molecule has 1 aliphatic heterocycles. The summed E-state index contributed by atoms with van der Waals surface area (Å²) in [5, 5.41) is 9.54. The van der Waals surface area contributed by atoms with Gasteiger partial charge in [0, 0.05) is 19.6 Å². The standard InChI is InChI=1S/C12H24N2O2/c1-9(2)6-10(7-13)12(16)14-5-3-4-11(15)8-14/h9-11,15H,3-8,13H2,1-2H3/t10?,11-/m0/s1. The van der Waals surface area contributed by atoms with Crippen LogP contribution >= 0.6 is 0 Å². The van der Waals surface area contributed by atoms with Gasteiger partial charge in [-0.25, -0.2) is 0 Å². The van der Waals surface area contributed by atoms with E-state index in [0.29, 0.717) is 19.0 Å². The number of hydrogen-bond donors (Lipinski definition) is 2. The lowest BCUT2D eigenvalue weighted by atomic mass is 9.95. The van der Waals surface area contributed by atoms with Gasteiger partial charge in [0.2, 0.25) is 5.91 Å². The summed E-state index contributed by atoms with van der Waals surface area (Å²) < 4.78 is 0. The molecule has 1 unspecified atom stereocenters. The molecule has 0 aromatic heterocycles. The van der Waals surface area contributed by atoms with E-state index in [1.54, 1.807) is 4.90 Å². The molecule has 1 rings (SSSR count). The third-order valence-corrected chi connectivity index (χ3v) is 3.10. The summed E-state index contributed by atoms with van der Waals surface area (Å²) in [7, 11) is 0. The smallest absolute Gasteiger partial charge is 0.227 e. The van der Waals surface area contributed by atoms with Crippen molar-refractivity contribution in [2.45, 2.75) is 39.2 Å². The van der Waals surface area contributed by atoms with Crippen LogP contribution in [0.25, 0.3) is 0 Å². The van der Waals surface area contributed by atoms with E-state index in [1.807, 2.05) is 0 Å². The number of rotatable bonds is 4. The number of likely N-dealkylation sites (tertiary alicyclic amines) is 1. The Morgan fingerprint density at radius 1 is 1.56 bits per heavy atom. The Morgan fingerprint density at radius 3 is 2.75 bits per heavy atom. The second kappa shape index (κ2) is 6.21. The summed E-state index contributed by atoms with van der Waals surface area (Å²) in [6.07, 6.45) is 2.19. The summed E-state index contributed by atoms with van der Waals surface area (Å²) >= 11 is 0. The van der Waals surface area contributed by atoms with E-state index in [9.17, 15) is 9.90 Å². The van der Waals surface area contributed by atoms with Crippen molar-refractivity contribution in [3.63, 3.8) is 0 Å². The van der Waals surface area contributed by atoms with E-state index in [1.165, 1.54) is 0 Å². The Kier molecular flexibility index (Phi) is 5.22. The largest absolute Gasteiger partial charge is 0.391 e. The van der Waals surface area contributed by atoms with Crippen molar-refractivity contribution < 1.29 is 9.90 Å². The zero-order valence-electron chi connectivity index (χ0n) is 10.4. The van der Waals surface area contributed by atoms with Crippen molar-refractivity contribution in [3.05, 3.63) is 0 Å². The summed E-state index contributed by atoms with van der Waals surface area (Å²) in [6.45, 7) is 5.85. The van der Waals surface area contributed by atoms with Crippen LogP contribution in [-0.2, 0) is 4.79 Å². The molecule has 16 heavy (non-hydrogen) atoms. The van der Waals surface area contributed by atoms with Gasteiger partial charge in [-0.2, -0.15) is 0 Å². The predicted octanol–water partition coefficient (Wildman–Crippen LogP) is 0.591. The number of β-amino-alcohol motifs (C(OH)–C–C–N with tert-alkyl or cyclic N) is 1. The zero-order chi connectivity index (χ0) is 12.1. The molecule has 0 spiro atoms. The molecule has 1 aliphatic rings. The van der Waals surface area contributed by atoms with Crippen LogP contribution in [-0.4, -0.2) is 41.7 Å². The Balaban J connectivity index is 2.52. The Labute approximate surface area is 97.8 Å². The van der Waals surface area contributed by atoms with Crippen LogP contribution in [0.2, 0.25) is 0 Å². The molecular formula is C12H24N2O2. The maximum absolute atomic E-state index is 12.1. The highest BCUT2D eigenvalue weighted by atomic mass is 16.3. The van der Waals surface area contributed by atoms with Gasteiger partial charge in [0.15, 0.2) is 0 Å². The second-order valence-corrected chi connectivity index (χ2v) is 5.14. The van der Waals surface area contributed by atoms with Crippen molar-refractivity contribution in [2.75, 3.05) is 19.6 Å². The van der Waals surface area contributed by atoms with E-state index in [0.717, 1.165) is 25.8 Å². The highest BCUT2D eigenvalue weighted by Crippen LogP contribution is 2.17. The van der Waals surface area contributed by atoms with Crippen LogP contribution < -0.4 is 5.73 Å². The van der Waals surface area contributed by atoms with Gasteiger partial charge in [0.1, 0.15) is 0 Å². The zero-order valence-corrected chi connectivity index (χ0v) is 10.4. The molecule has 0 saturated carbocycles. The monoisotopic (exact) mass is 228 g/mol. The number of aliphatic hydroxyl groups excluding tert-OH is 1. The SMILES string of the molecule is CC(C)CC(CN)C(=O)N1CCC[C@H](O)C1. The quantitative estimate of drug-likeness (QED) is 0.740. The number of piperidine rings is 1. The van der Waals surface area contributed by atoms with E-state index >= 15 is 0 Å². The summed E-state index contributed by atoms with van der Waals surface area (Å²) in [5.74, 6) is 0.521. The molecule has 0 radical (unpaired) electrons. The molecule has 0 aromatic rings. The fourth-order valence-corrected chi connectivity index (χ4v) is 2.28. The average Bonchev–Trinajstić information content (AvgIpc) is 2.24. The number of nitrogens with two attached hydrogens (primary N) is 1. The van der Waals surface area contributed by atoms with Crippen molar-refractivity contribution in [2.24, 2.45) is 17.6 Å². The van der Waals surface area contributed by atoms with Gasteiger partial charge in [-0.05, 0) is 25.2 Å². The molecule has 4 nitrogen and oxygen atoms in total. The lowest BCUT2D eigenvalue weighted by molar-refractivity contribution is -0.138. The number of carbonyl (C=O) groups excluding carboxylic acids is 1. The molecule has 1 saturated heterocycles. The summed E-state index contributed by atoms with van der Waals surface area (Å²) in [5.41, 5.74) is 5.65. The molecule has 0 aliphatic carbocycles. The minimum Gasteiger partial charge on any atom is -0.391 e. The van der Waals surface area contributed by atoms with Gasteiger partial charge in [-0.15, -0.1) is 0 Å². The summed E-state index contributed by atoms with van der Waals surface area (Å²) in [4.78, 5) is 13.9. The van der Waals surface area contributed by atoms with Crippen LogP contribution in [0.4, 0.5) is 0 Å². The molecule has 2 atom stereocenters. The highest BCUT2D eigenvalue weighted by Gasteiger charge is 2.27. The van der Waals surface area contributed by atoms with Crippen molar-refractivity contribution in [1.29, 1.82) is 0 Å². The van der Waals surface area contributed by atoms with E-state index in [-0.39, 0.29) is 17.9 Å². The molecule has 94 valence electrons. The molecule has 0 bridgehead atoms. The van der Waals surface area contributed by atoms with Gasteiger partial charge in [0.25, 0.3) is 0 Å². The van der Waals surface area contributed by atoms with Crippen LogP contribution in [0.5, 0.6) is 0 Å². The number of carbonyl (C=O) groups is 1. The molecule has 3 N–H and O–H groups in total. The Hall–Kier alpha value is -0.610. The molecule has 4 heteroatoms. The second-order valence-electron chi connectivity index (χ2n) is 5.14. The maximum atomic E-state index is 12.1. The molecular weight excluding hydrogens is 204 g/mol. The molecule has 1 amide bonds. The predicted molar refractivity (Wildman–Crippen MR) is 63.8 cm³/mol. The third kappa shape index (κ3) is 3.76. The maximum Gasteiger partial charge on any atom is 0.227 e. The van der Waals surface area contributed by atoms with Crippen molar-refractivity contribution in [3.8, 4) is 0 Å². The normalized spacial score (nSPS) is 23.6. The first-order chi connectivity index (χ1) is 7.54. The highest BCUT2D eigenvalue weighted by molar-refractivity contribution is 5.79. The minimum absolute atomic E-state index is 0.0784. The number of aliphatic hydroxyl groups is 1. The van der Waals surface area contributed by atoms with Gasteiger partial charge in [0.05, 0.1) is 12.0 Å². The lowest BCUT2D eigenvalue weighted by Gasteiger charge is -2.33. The molecule has 1 heterocycles. The molecule has 1 fully saturated rings. The fraction of sp³-hybridized carbons (Fsp3) is 0.917. The van der Waals surface area contributed by atoms with Gasteiger partial charge < -0.3 is 15.7 Å². The number of hydrogen-bond acceptors (Lipinski definition) is 3. The number of nitrogens with zero attached hydrogens (tertiary/aromatic N) is 1. The van der Waals surface area contributed by atoms with Crippen molar-refractivity contribution in [1.82, 2.24) is 4.90 Å². The van der Waals surface area contributed by atoms with Crippen LogP contribution in [0.1, 0.15) is 33.1 Å². The van der Waals surface area contributed by atoms with Crippen LogP contribution in [0.3, 0.4) is 0 Å². The van der Waals surface area contributed by atoms with Crippen molar-refractivity contribution >= 4 is 5.91 Å². The topological polar surface area (TPSA) is 66.6 Å². The molecule has 0 aromatic carbocycles.